The molecule has 0 saturated carbocycles. The maximum absolute atomic E-state index is 12.6. The van der Waals surface area contributed by atoms with Gasteiger partial charge in [0.2, 0.25) is 5.91 Å². The van der Waals surface area contributed by atoms with E-state index in [4.69, 9.17) is 0 Å². The summed E-state index contributed by atoms with van der Waals surface area (Å²) in [5.74, 6) is -3.14. The van der Waals surface area contributed by atoms with Crippen molar-refractivity contribution in [2.24, 2.45) is 5.41 Å². The SMILES string of the molecule is CN1CCN(CCn2nc(/C(=C/C(=O)O)C(=O)O)c3c(NC(=O)C(C)(C)C)ncnc32)CC1. The fraction of sp³-hybridized carbons (Fsp3) is 0.524. The number of aromatic nitrogens is 4. The first-order chi connectivity index (χ1) is 15.5. The van der Waals surface area contributed by atoms with Crippen LogP contribution in [-0.4, -0.2) is 97.4 Å². The van der Waals surface area contributed by atoms with E-state index in [0.29, 0.717) is 24.8 Å². The highest BCUT2D eigenvalue weighted by Crippen LogP contribution is 2.30. The van der Waals surface area contributed by atoms with Crippen LogP contribution in [-0.2, 0) is 20.9 Å². The van der Waals surface area contributed by atoms with E-state index in [9.17, 15) is 24.6 Å². The van der Waals surface area contributed by atoms with Crippen LogP contribution in [0.4, 0.5) is 5.82 Å². The minimum Gasteiger partial charge on any atom is -0.478 e. The first-order valence-corrected chi connectivity index (χ1v) is 10.6. The summed E-state index contributed by atoms with van der Waals surface area (Å²) in [5, 5.41) is 26.2. The lowest BCUT2D eigenvalue weighted by Crippen LogP contribution is -2.45. The van der Waals surface area contributed by atoms with Crippen molar-refractivity contribution in [3.05, 3.63) is 18.1 Å². The molecule has 0 bridgehead atoms. The summed E-state index contributed by atoms with van der Waals surface area (Å²) in [4.78, 5) is 48.7. The molecule has 1 amide bonds. The molecule has 0 aliphatic carbocycles. The van der Waals surface area contributed by atoms with Crippen molar-refractivity contribution < 1.29 is 24.6 Å². The second-order valence-electron chi connectivity index (χ2n) is 9.04. The van der Waals surface area contributed by atoms with E-state index < -0.39 is 22.9 Å². The van der Waals surface area contributed by atoms with Crippen LogP contribution in [0.25, 0.3) is 16.6 Å². The Bertz CT molecular complexity index is 1090. The van der Waals surface area contributed by atoms with Crippen molar-refractivity contribution in [3.63, 3.8) is 0 Å². The number of nitrogens with zero attached hydrogens (tertiary/aromatic N) is 6. The van der Waals surface area contributed by atoms with Gasteiger partial charge in [-0.2, -0.15) is 5.10 Å². The van der Waals surface area contributed by atoms with Crippen LogP contribution >= 0.6 is 0 Å². The van der Waals surface area contributed by atoms with E-state index in [-0.39, 0.29) is 22.8 Å². The minimum atomic E-state index is -1.46. The molecular weight excluding hydrogens is 430 g/mol. The number of nitrogens with one attached hydrogen (secondary N) is 1. The number of anilines is 1. The number of fused-ring (bicyclic) bond motifs is 1. The summed E-state index contributed by atoms with van der Waals surface area (Å²) < 4.78 is 1.54. The maximum atomic E-state index is 12.6. The van der Waals surface area contributed by atoms with E-state index in [1.807, 2.05) is 0 Å². The first-order valence-electron chi connectivity index (χ1n) is 10.6. The monoisotopic (exact) mass is 459 g/mol. The zero-order chi connectivity index (χ0) is 24.3. The molecule has 1 aliphatic heterocycles. The van der Waals surface area contributed by atoms with Crippen molar-refractivity contribution >= 4 is 40.3 Å². The second-order valence-corrected chi connectivity index (χ2v) is 9.04. The molecule has 33 heavy (non-hydrogen) atoms. The van der Waals surface area contributed by atoms with Gasteiger partial charge >= 0.3 is 11.9 Å². The molecule has 178 valence electrons. The highest BCUT2D eigenvalue weighted by molar-refractivity contribution is 6.23. The minimum absolute atomic E-state index is 0.0818. The quantitative estimate of drug-likeness (QED) is 0.502. The summed E-state index contributed by atoms with van der Waals surface area (Å²) in [6.45, 7) is 9.93. The lowest BCUT2D eigenvalue weighted by molar-refractivity contribution is -0.133. The standard InChI is InChI=1S/C21H29N7O5/c1-21(2,3)20(33)24-17-15-16(13(19(31)32)11-14(29)30)25-28(18(15)23-12-22-17)10-9-27-7-5-26(4)6-8-27/h11-12H,5-10H2,1-4H3,(H,29,30)(H,31,32)(H,22,23,24,33)/b13-11-. The van der Waals surface area contributed by atoms with Crippen LogP contribution in [0.3, 0.4) is 0 Å². The lowest BCUT2D eigenvalue weighted by atomic mass is 9.95. The third kappa shape index (κ3) is 5.71. The molecule has 3 rings (SSSR count). The average Bonchev–Trinajstić information content (AvgIpc) is 3.10. The lowest BCUT2D eigenvalue weighted by Gasteiger charge is -2.32. The summed E-state index contributed by atoms with van der Waals surface area (Å²) in [6, 6.07) is 0. The van der Waals surface area contributed by atoms with Gasteiger partial charge < -0.3 is 20.4 Å². The van der Waals surface area contributed by atoms with Gasteiger partial charge in [0, 0.05) is 44.2 Å². The zero-order valence-corrected chi connectivity index (χ0v) is 19.2. The van der Waals surface area contributed by atoms with Crippen molar-refractivity contribution in [1.29, 1.82) is 0 Å². The second kappa shape index (κ2) is 9.63. The Labute approximate surface area is 190 Å². The van der Waals surface area contributed by atoms with Crippen molar-refractivity contribution in [3.8, 4) is 0 Å². The van der Waals surface area contributed by atoms with E-state index in [1.54, 1.807) is 20.8 Å². The predicted octanol–water partition coefficient (Wildman–Crippen LogP) is 0.611. The van der Waals surface area contributed by atoms with Gasteiger partial charge in [0.05, 0.1) is 17.5 Å². The van der Waals surface area contributed by atoms with Gasteiger partial charge in [0.25, 0.3) is 0 Å². The van der Waals surface area contributed by atoms with Gasteiger partial charge in [-0.1, -0.05) is 20.8 Å². The van der Waals surface area contributed by atoms with Gasteiger partial charge in [-0.15, -0.1) is 0 Å². The first kappa shape index (κ1) is 24.3. The van der Waals surface area contributed by atoms with Gasteiger partial charge in [0.1, 0.15) is 17.8 Å². The molecule has 1 aliphatic rings. The maximum Gasteiger partial charge on any atom is 0.338 e. The normalized spacial score (nSPS) is 16.2. The van der Waals surface area contributed by atoms with Crippen molar-refractivity contribution in [2.45, 2.75) is 27.3 Å². The van der Waals surface area contributed by atoms with Crippen LogP contribution in [0.15, 0.2) is 12.4 Å². The van der Waals surface area contributed by atoms with Crippen molar-refractivity contribution in [1.82, 2.24) is 29.5 Å². The van der Waals surface area contributed by atoms with Gasteiger partial charge in [-0.25, -0.2) is 24.2 Å². The average molecular weight is 460 g/mol. The largest absolute Gasteiger partial charge is 0.478 e. The van der Waals surface area contributed by atoms with Crippen LogP contribution in [0, 0.1) is 5.41 Å². The number of carboxylic acids is 2. The van der Waals surface area contributed by atoms with Gasteiger partial charge in [-0.3, -0.25) is 9.69 Å². The molecule has 0 unspecified atom stereocenters. The molecule has 1 saturated heterocycles. The summed E-state index contributed by atoms with van der Waals surface area (Å²) in [5.41, 5.74) is -1.05. The Morgan fingerprint density at radius 1 is 1.09 bits per heavy atom. The molecule has 3 heterocycles. The van der Waals surface area contributed by atoms with Gasteiger partial charge in [0.15, 0.2) is 5.65 Å². The number of carbonyl (C=O) groups excluding carboxylic acids is 1. The fourth-order valence-corrected chi connectivity index (χ4v) is 3.40. The van der Waals surface area contributed by atoms with Crippen LogP contribution in [0.1, 0.15) is 26.5 Å². The molecule has 2 aromatic rings. The molecule has 2 aromatic heterocycles. The van der Waals surface area contributed by atoms with E-state index >= 15 is 0 Å². The predicted molar refractivity (Wildman–Crippen MR) is 121 cm³/mol. The topological polar surface area (TPSA) is 154 Å². The number of hydrogen-bond acceptors (Lipinski definition) is 8. The fourth-order valence-electron chi connectivity index (χ4n) is 3.40. The number of carboxylic acid groups (broad SMARTS) is 2. The molecular formula is C21H29N7O5. The zero-order valence-electron chi connectivity index (χ0n) is 19.2. The number of carbonyl (C=O) groups is 3. The summed E-state index contributed by atoms with van der Waals surface area (Å²) in [7, 11) is 2.07. The van der Waals surface area contributed by atoms with Gasteiger partial charge in [-0.05, 0) is 7.05 Å². The highest BCUT2D eigenvalue weighted by atomic mass is 16.4. The van der Waals surface area contributed by atoms with Crippen molar-refractivity contribution in [2.75, 3.05) is 45.1 Å². The Balaban J connectivity index is 2.07. The number of likely N-dealkylation sites (N-methyl/N-ethyl adjacent to an activating group) is 1. The molecule has 0 radical (unpaired) electrons. The van der Waals surface area contributed by atoms with Crippen LogP contribution in [0.5, 0.6) is 0 Å². The molecule has 0 spiro atoms. The number of aliphatic carboxylic acids is 2. The Hall–Kier alpha value is -3.38. The number of hydrogen-bond donors (Lipinski definition) is 3. The molecule has 0 aromatic carbocycles. The van der Waals surface area contributed by atoms with Crippen LogP contribution < -0.4 is 5.32 Å². The van der Waals surface area contributed by atoms with E-state index in [1.165, 1.54) is 11.0 Å². The Kier molecular flexibility index (Phi) is 7.08. The number of rotatable bonds is 7. The molecule has 1 fully saturated rings. The molecule has 0 atom stereocenters. The van der Waals surface area contributed by atoms with E-state index in [2.05, 4.69) is 37.2 Å². The highest BCUT2D eigenvalue weighted by Gasteiger charge is 2.28. The molecule has 12 heteroatoms. The third-order valence-corrected chi connectivity index (χ3v) is 5.42. The number of amides is 1. The third-order valence-electron chi connectivity index (χ3n) is 5.42. The van der Waals surface area contributed by atoms with E-state index in [0.717, 1.165) is 26.2 Å². The summed E-state index contributed by atoms with van der Waals surface area (Å²) >= 11 is 0. The Morgan fingerprint density at radius 2 is 1.76 bits per heavy atom. The smallest absolute Gasteiger partial charge is 0.338 e. The Morgan fingerprint density at radius 3 is 2.33 bits per heavy atom. The summed E-state index contributed by atoms with van der Waals surface area (Å²) in [6.07, 6.45) is 1.84. The number of piperazine rings is 1. The van der Waals surface area contributed by atoms with Crippen LogP contribution in [0.2, 0.25) is 0 Å². The molecule has 12 nitrogen and oxygen atoms in total. The molecule has 3 N–H and O–H groups in total.